The van der Waals surface area contributed by atoms with Gasteiger partial charge in [0.25, 0.3) is 0 Å². The van der Waals surface area contributed by atoms with E-state index in [1.165, 1.54) is 200 Å². The summed E-state index contributed by atoms with van der Waals surface area (Å²) in [5, 5.41) is 3.91. The van der Waals surface area contributed by atoms with E-state index in [2.05, 4.69) is 67.7 Å². The average molecular weight is 873 g/mol. The van der Waals surface area contributed by atoms with E-state index in [1.807, 2.05) is 0 Å². The molecular weight excluding hydrogens is 798 g/mol. The molecule has 0 aliphatic rings. The predicted molar refractivity (Wildman–Crippen MR) is 217 cm³/mol. The first-order chi connectivity index (χ1) is 23.3. The summed E-state index contributed by atoms with van der Waals surface area (Å²) in [5.41, 5.74) is 2.77. The van der Waals surface area contributed by atoms with E-state index in [-0.39, 0.29) is 41.8 Å². The summed E-state index contributed by atoms with van der Waals surface area (Å²) in [7, 11) is 0. The Kier molecular flexibility index (Phi) is 30.2. The van der Waals surface area contributed by atoms with Crippen LogP contribution in [0.3, 0.4) is 0 Å². The van der Waals surface area contributed by atoms with Gasteiger partial charge in [0, 0.05) is 0 Å². The normalized spacial score (nSPS) is 11.4. The second-order valence-electron chi connectivity index (χ2n) is 14.0. The van der Waals surface area contributed by atoms with Crippen LogP contribution in [0.1, 0.15) is 194 Å². The summed E-state index contributed by atoms with van der Waals surface area (Å²) in [6, 6.07) is 18.4. The van der Waals surface area contributed by atoms with Gasteiger partial charge >= 0.3 is 264 Å². The summed E-state index contributed by atoms with van der Waals surface area (Å²) in [6.07, 6.45) is 40.5. The summed E-state index contributed by atoms with van der Waals surface area (Å²) in [6.45, 7) is 4.62. The molecule has 0 heterocycles. The molecule has 0 aliphatic carbocycles. The van der Waals surface area contributed by atoms with Crippen LogP contribution in [-0.4, -0.2) is 41.8 Å². The summed E-state index contributed by atoms with van der Waals surface area (Å²) >= 11 is -0.265. The molecule has 0 fully saturated rings. The van der Waals surface area contributed by atoms with Gasteiger partial charge in [-0.15, -0.1) is 0 Å². The zero-order valence-electron chi connectivity index (χ0n) is 31.1. The number of nitrogens with one attached hydrogen (secondary N) is 1. The molecule has 2 aromatic rings. The van der Waals surface area contributed by atoms with E-state index in [9.17, 15) is 0 Å². The Labute approximate surface area is 314 Å². The second kappa shape index (κ2) is 33.0. The van der Waals surface area contributed by atoms with Crippen LogP contribution in [0.15, 0.2) is 48.5 Å². The topological polar surface area (TPSA) is 12.0 Å². The molecule has 2 rings (SSSR count). The Morgan fingerprint density at radius 1 is 0.340 bits per heavy atom. The van der Waals surface area contributed by atoms with Crippen molar-refractivity contribution in [2.45, 2.75) is 203 Å². The minimum Gasteiger partial charge on any atom is -0.0654 e. The standard InChI is InChI=1S/C44H75NTe2/c1-3-5-7-9-11-13-15-17-19-21-23-25-27-33-39-46-43-37-31-29-35-41(43)45-42-36-30-32-38-44(42)47-40-34-28-26-24-22-20-18-16-14-12-10-8-6-4-2/h29-32,35-38,45H,3-28,33-34,39-40H2,1-2H3. The van der Waals surface area contributed by atoms with E-state index in [4.69, 9.17) is 0 Å². The molecule has 0 atom stereocenters. The Bertz CT molecular complexity index is 868. The monoisotopic (exact) mass is 877 g/mol. The van der Waals surface area contributed by atoms with Crippen molar-refractivity contribution in [3.8, 4) is 0 Å². The van der Waals surface area contributed by atoms with Crippen molar-refractivity contribution in [1.29, 1.82) is 0 Å². The van der Waals surface area contributed by atoms with Crippen molar-refractivity contribution < 1.29 is 0 Å². The van der Waals surface area contributed by atoms with Gasteiger partial charge in [-0.1, -0.05) is 52.4 Å². The van der Waals surface area contributed by atoms with Crippen LogP contribution in [0.25, 0.3) is 0 Å². The first kappa shape index (κ1) is 43.0. The van der Waals surface area contributed by atoms with Crippen LogP contribution in [0, 0.1) is 0 Å². The van der Waals surface area contributed by atoms with Gasteiger partial charge in [-0.2, -0.15) is 0 Å². The van der Waals surface area contributed by atoms with Crippen molar-refractivity contribution in [3.05, 3.63) is 48.5 Å². The molecule has 0 saturated heterocycles. The fraction of sp³-hybridized carbons (Fsp3) is 0.727. The minimum atomic E-state index is -0.132. The van der Waals surface area contributed by atoms with E-state index in [1.54, 1.807) is 7.22 Å². The fourth-order valence-electron chi connectivity index (χ4n) is 6.49. The molecular formula is C44H75NTe2. The Hall–Kier alpha value is -0.181. The number of anilines is 2. The van der Waals surface area contributed by atoms with E-state index >= 15 is 0 Å². The number of hydrogen-bond acceptors (Lipinski definition) is 1. The molecule has 0 amide bonds. The molecule has 2 aromatic carbocycles. The Balaban J connectivity index is 1.52. The second-order valence-corrected chi connectivity index (χ2v) is 20.5. The molecule has 1 nitrogen and oxygen atoms in total. The predicted octanol–water partition coefficient (Wildman–Crippen LogP) is 13.9. The maximum absolute atomic E-state index is 3.91. The quantitative estimate of drug-likeness (QED) is 0.0546. The average Bonchev–Trinajstić information content (AvgIpc) is 3.09. The van der Waals surface area contributed by atoms with Crippen LogP contribution in [0.5, 0.6) is 0 Å². The molecule has 0 spiro atoms. The number of unbranched alkanes of at least 4 members (excludes halogenated alkanes) is 26. The third-order valence-corrected chi connectivity index (χ3v) is 16.2. The van der Waals surface area contributed by atoms with E-state index in [0.717, 1.165) is 0 Å². The molecule has 0 radical (unpaired) electrons. The third kappa shape index (κ3) is 24.6. The Morgan fingerprint density at radius 2 is 0.596 bits per heavy atom. The molecule has 268 valence electrons. The van der Waals surface area contributed by atoms with Crippen molar-refractivity contribution in [1.82, 2.24) is 0 Å². The van der Waals surface area contributed by atoms with Gasteiger partial charge in [0.15, 0.2) is 0 Å². The maximum atomic E-state index is 3.91. The van der Waals surface area contributed by atoms with E-state index in [0.29, 0.717) is 0 Å². The number of benzene rings is 2. The summed E-state index contributed by atoms with van der Waals surface area (Å²) in [5.74, 6) is 0. The van der Waals surface area contributed by atoms with Gasteiger partial charge in [-0.3, -0.25) is 0 Å². The van der Waals surface area contributed by atoms with Gasteiger partial charge in [0.05, 0.1) is 0 Å². The SMILES string of the molecule is CCCCCCCCCCCCCCCC[Te]c1ccccc1Nc1ccccc1[Te]CCCCCCCCCCCCCCCC. The molecule has 0 aliphatic heterocycles. The number of hydrogen-bond donors (Lipinski definition) is 1. The van der Waals surface area contributed by atoms with Crippen LogP contribution in [-0.2, 0) is 0 Å². The molecule has 3 heteroatoms. The number of para-hydroxylation sites is 2. The van der Waals surface area contributed by atoms with Crippen molar-refractivity contribution >= 4 is 60.4 Å². The van der Waals surface area contributed by atoms with Crippen LogP contribution in [0.4, 0.5) is 11.4 Å². The van der Waals surface area contributed by atoms with Gasteiger partial charge in [-0.25, -0.2) is 0 Å². The van der Waals surface area contributed by atoms with Gasteiger partial charge in [0.1, 0.15) is 0 Å². The zero-order chi connectivity index (χ0) is 33.3. The van der Waals surface area contributed by atoms with Crippen LogP contribution < -0.4 is 12.5 Å². The minimum absolute atomic E-state index is 0.132. The van der Waals surface area contributed by atoms with Crippen LogP contribution >= 0.6 is 0 Å². The van der Waals surface area contributed by atoms with Crippen molar-refractivity contribution in [2.75, 3.05) is 5.32 Å². The number of rotatable bonds is 34. The van der Waals surface area contributed by atoms with Crippen LogP contribution in [0.2, 0.25) is 8.94 Å². The molecule has 47 heavy (non-hydrogen) atoms. The molecule has 0 aromatic heterocycles. The van der Waals surface area contributed by atoms with Gasteiger partial charge in [0.2, 0.25) is 0 Å². The fourth-order valence-corrected chi connectivity index (χ4v) is 12.3. The smallest absolute Gasteiger partial charge is 0.0654 e. The summed E-state index contributed by atoms with van der Waals surface area (Å²) in [4.78, 5) is 0. The molecule has 1 N–H and O–H groups in total. The first-order valence-electron chi connectivity index (χ1n) is 20.6. The van der Waals surface area contributed by atoms with Crippen molar-refractivity contribution in [2.24, 2.45) is 0 Å². The first-order valence-corrected chi connectivity index (χ1v) is 26.2. The zero-order valence-corrected chi connectivity index (χ0v) is 35.8. The third-order valence-electron chi connectivity index (χ3n) is 9.55. The molecule has 0 unspecified atom stereocenters. The van der Waals surface area contributed by atoms with Crippen molar-refractivity contribution in [3.63, 3.8) is 0 Å². The summed E-state index contributed by atoms with van der Waals surface area (Å²) < 4.78 is 6.12. The molecule has 0 bridgehead atoms. The molecule has 0 saturated carbocycles. The Morgan fingerprint density at radius 3 is 0.894 bits per heavy atom. The van der Waals surface area contributed by atoms with Gasteiger partial charge in [-0.05, 0) is 0 Å². The van der Waals surface area contributed by atoms with Gasteiger partial charge < -0.3 is 0 Å². The van der Waals surface area contributed by atoms with E-state index < -0.39 is 0 Å².